The van der Waals surface area contributed by atoms with Gasteiger partial charge in [0.25, 0.3) is 0 Å². The first kappa shape index (κ1) is 11.8. The lowest BCUT2D eigenvalue weighted by molar-refractivity contribution is 1.12. The lowest BCUT2D eigenvalue weighted by atomic mass is 10.2. The second-order valence-corrected chi connectivity index (χ2v) is 4.32. The van der Waals surface area contributed by atoms with Crippen LogP contribution in [-0.2, 0) is 0 Å². The molecule has 1 aromatic heterocycles. The molecule has 0 saturated heterocycles. The minimum absolute atomic E-state index is 0.516. The normalized spacial score (nSPS) is 11.5. The minimum Gasteiger partial charge on any atom is -0.278 e. The van der Waals surface area contributed by atoms with Crippen molar-refractivity contribution >= 4 is 45.1 Å². The number of thioether (sulfide) groups is 1. The Labute approximate surface area is 107 Å². The molecule has 7 heteroatoms. The van der Waals surface area contributed by atoms with Gasteiger partial charge in [0.15, 0.2) is 11.4 Å². The predicted molar refractivity (Wildman–Crippen MR) is 70.5 cm³/mol. The number of aromatic amines is 1. The number of H-pyrrole nitrogens is 1. The summed E-state index contributed by atoms with van der Waals surface area (Å²) in [5, 5.41) is 19.7. The van der Waals surface area contributed by atoms with Crippen molar-refractivity contribution in [3.63, 3.8) is 0 Å². The summed E-state index contributed by atoms with van der Waals surface area (Å²) in [6.07, 6.45) is 5.32. The van der Waals surface area contributed by atoms with Crippen LogP contribution in [0.4, 0.5) is 5.69 Å². The number of rotatable bonds is 1. The fourth-order valence-electron chi connectivity index (χ4n) is 1.35. The first-order chi connectivity index (χ1) is 8.24. The van der Waals surface area contributed by atoms with E-state index in [0.717, 1.165) is 10.9 Å². The van der Waals surface area contributed by atoms with Gasteiger partial charge in [-0.1, -0.05) is 23.4 Å². The number of aromatic nitrogens is 2. The molecule has 1 aromatic carbocycles. The second kappa shape index (κ2) is 5.08. The molecule has 0 unspecified atom stereocenters. The Bertz CT molecular complexity index is 613. The van der Waals surface area contributed by atoms with E-state index in [2.05, 4.69) is 20.5 Å². The molecule has 2 aromatic rings. The van der Waals surface area contributed by atoms with Crippen LogP contribution in [0.15, 0.2) is 23.3 Å². The van der Waals surface area contributed by atoms with Crippen LogP contribution in [0.5, 0.6) is 0 Å². The fourth-order valence-corrected chi connectivity index (χ4v) is 1.95. The molecule has 0 bridgehead atoms. The van der Waals surface area contributed by atoms with Gasteiger partial charge in [0.05, 0.1) is 22.4 Å². The third-order valence-corrected chi connectivity index (χ3v) is 2.97. The Hall–Kier alpha value is -1.71. The van der Waals surface area contributed by atoms with Crippen LogP contribution in [0.25, 0.3) is 10.9 Å². The SMILES string of the molecule is CSC(=Nc1cc(Cl)c2cn[nH]c2c1)NC#N. The number of nitrogens with one attached hydrogen (secondary N) is 2. The Morgan fingerprint density at radius 2 is 2.47 bits per heavy atom. The lowest BCUT2D eigenvalue weighted by Gasteiger charge is -2.01. The largest absolute Gasteiger partial charge is 0.278 e. The summed E-state index contributed by atoms with van der Waals surface area (Å²) in [6.45, 7) is 0. The molecular weight excluding hydrogens is 258 g/mol. The van der Waals surface area contributed by atoms with Crippen molar-refractivity contribution in [2.45, 2.75) is 0 Å². The van der Waals surface area contributed by atoms with Gasteiger partial charge in [-0.3, -0.25) is 10.4 Å². The molecule has 0 saturated carbocycles. The molecule has 0 fully saturated rings. The van der Waals surface area contributed by atoms with Crippen molar-refractivity contribution in [3.05, 3.63) is 23.4 Å². The van der Waals surface area contributed by atoms with Crippen LogP contribution < -0.4 is 5.32 Å². The number of amidine groups is 1. The van der Waals surface area contributed by atoms with E-state index in [4.69, 9.17) is 16.9 Å². The van der Waals surface area contributed by atoms with Gasteiger partial charge in [-0.05, 0) is 18.4 Å². The maximum absolute atomic E-state index is 8.54. The van der Waals surface area contributed by atoms with E-state index in [1.54, 1.807) is 12.3 Å². The molecule has 0 aliphatic carbocycles. The van der Waals surface area contributed by atoms with Crippen molar-refractivity contribution in [3.8, 4) is 6.19 Å². The van der Waals surface area contributed by atoms with E-state index in [0.29, 0.717) is 15.9 Å². The molecule has 1 heterocycles. The summed E-state index contributed by atoms with van der Waals surface area (Å²) in [5.41, 5.74) is 1.48. The highest BCUT2D eigenvalue weighted by molar-refractivity contribution is 8.13. The van der Waals surface area contributed by atoms with Crippen LogP contribution in [-0.4, -0.2) is 21.6 Å². The zero-order valence-corrected chi connectivity index (χ0v) is 10.4. The van der Waals surface area contributed by atoms with Gasteiger partial charge in [-0.15, -0.1) is 0 Å². The third-order valence-electron chi connectivity index (χ3n) is 2.08. The van der Waals surface area contributed by atoms with Gasteiger partial charge in [0.2, 0.25) is 0 Å². The first-order valence-corrected chi connectivity index (χ1v) is 6.25. The van der Waals surface area contributed by atoms with Crippen LogP contribution in [0, 0.1) is 11.5 Å². The molecule has 0 aliphatic heterocycles. The Balaban J connectivity index is 2.45. The summed E-state index contributed by atoms with van der Waals surface area (Å²) in [6, 6.07) is 3.55. The summed E-state index contributed by atoms with van der Waals surface area (Å²) < 4.78 is 0. The number of halogens is 1. The van der Waals surface area contributed by atoms with E-state index >= 15 is 0 Å². The molecule has 86 valence electrons. The van der Waals surface area contributed by atoms with Crippen LogP contribution in [0.3, 0.4) is 0 Å². The maximum Gasteiger partial charge on any atom is 0.183 e. The van der Waals surface area contributed by atoms with Crippen LogP contribution in [0.1, 0.15) is 0 Å². The van der Waals surface area contributed by atoms with Crippen molar-refractivity contribution in [1.82, 2.24) is 15.5 Å². The highest BCUT2D eigenvalue weighted by atomic mass is 35.5. The quantitative estimate of drug-likeness (QED) is 0.360. The van der Waals surface area contributed by atoms with E-state index in [1.807, 2.05) is 18.5 Å². The molecule has 0 radical (unpaired) electrons. The number of nitrogens with zero attached hydrogens (tertiary/aromatic N) is 3. The highest BCUT2D eigenvalue weighted by Gasteiger charge is 2.04. The van der Waals surface area contributed by atoms with E-state index < -0.39 is 0 Å². The van der Waals surface area contributed by atoms with Crippen LogP contribution >= 0.6 is 23.4 Å². The Morgan fingerprint density at radius 1 is 1.65 bits per heavy atom. The smallest absolute Gasteiger partial charge is 0.183 e. The number of aliphatic imine (C=N–C) groups is 1. The lowest BCUT2D eigenvalue weighted by Crippen LogP contribution is -2.12. The summed E-state index contributed by atoms with van der Waals surface area (Å²) in [7, 11) is 0. The molecule has 0 aliphatic rings. The van der Waals surface area contributed by atoms with Gasteiger partial charge in [-0.2, -0.15) is 10.4 Å². The van der Waals surface area contributed by atoms with Crippen molar-refractivity contribution in [2.75, 3.05) is 6.26 Å². The van der Waals surface area contributed by atoms with Crippen LogP contribution in [0.2, 0.25) is 5.02 Å². The number of benzene rings is 1. The monoisotopic (exact) mass is 265 g/mol. The Kier molecular flexibility index (Phi) is 3.52. The van der Waals surface area contributed by atoms with E-state index in [1.165, 1.54) is 11.8 Å². The molecule has 2 N–H and O–H groups in total. The van der Waals surface area contributed by atoms with Crippen molar-refractivity contribution in [1.29, 1.82) is 5.26 Å². The third kappa shape index (κ3) is 2.52. The standard InChI is InChI=1S/C10H8ClN5S/c1-17-10(13-5-12)15-6-2-8(11)7-4-14-16-9(7)3-6/h2-4H,1H3,(H,13,15)(H,14,16). The predicted octanol–water partition coefficient (Wildman–Crippen LogP) is 2.64. The summed E-state index contributed by atoms with van der Waals surface area (Å²) >= 11 is 7.44. The average Bonchev–Trinajstić information content (AvgIpc) is 2.77. The molecule has 5 nitrogen and oxygen atoms in total. The molecule has 0 amide bonds. The van der Waals surface area contributed by atoms with Crippen molar-refractivity contribution in [2.24, 2.45) is 4.99 Å². The van der Waals surface area contributed by atoms with Gasteiger partial charge in [0.1, 0.15) is 0 Å². The van der Waals surface area contributed by atoms with E-state index in [9.17, 15) is 0 Å². The number of hydrogen-bond donors (Lipinski definition) is 2. The molecular formula is C10H8ClN5S. The summed E-state index contributed by atoms with van der Waals surface area (Å²) in [4.78, 5) is 4.27. The molecule has 0 atom stereocenters. The van der Waals surface area contributed by atoms with Gasteiger partial charge in [0, 0.05) is 5.39 Å². The topological polar surface area (TPSA) is 76.9 Å². The number of nitriles is 1. The van der Waals surface area contributed by atoms with Gasteiger partial charge >= 0.3 is 0 Å². The van der Waals surface area contributed by atoms with Gasteiger partial charge < -0.3 is 0 Å². The number of fused-ring (bicyclic) bond motifs is 1. The molecule has 2 rings (SSSR count). The minimum atomic E-state index is 0.516. The zero-order chi connectivity index (χ0) is 12.3. The first-order valence-electron chi connectivity index (χ1n) is 4.65. The molecule has 0 spiro atoms. The van der Waals surface area contributed by atoms with Crippen molar-refractivity contribution < 1.29 is 0 Å². The molecule has 17 heavy (non-hydrogen) atoms. The Morgan fingerprint density at radius 3 is 3.18 bits per heavy atom. The summed E-state index contributed by atoms with van der Waals surface area (Å²) in [5.74, 6) is 0. The number of hydrogen-bond acceptors (Lipinski definition) is 4. The average molecular weight is 266 g/mol. The fraction of sp³-hybridized carbons (Fsp3) is 0.100. The zero-order valence-electron chi connectivity index (χ0n) is 8.86. The highest BCUT2D eigenvalue weighted by Crippen LogP contribution is 2.28. The second-order valence-electron chi connectivity index (χ2n) is 3.12. The van der Waals surface area contributed by atoms with E-state index in [-0.39, 0.29) is 0 Å². The van der Waals surface area contributed by atoms with Gasteiger partial charge in [-0.25, -0.2) is 4.99 Å². The maximum atomic E-state index is 8.54.